The zero-order valence-corrected chi connectivity index (χ0v) is 10.3. The summed E-state index contributed by atoms with van der Waals surface area (Å²) in [5, 5.41) is 11.6. The number of carbonyl (C=O) groups is 1. The molecule has 0 spiro atoms. The third-order valence-corrected chi connectivity index (χ3v) is 3.20. The summed E-state index contributed by atoms with van der Waals surface area (Å²) in [4.78, 5) is 13.6. The van der Waals surface area contributed by atoms with Crippen LogP contribution in [0.5, 0.6) is 0 Å². The van der Waals surface area contributed by atoms with Crippen molar-refractivity contribution in [2.45, 2.75) is 19.9 Å². The van der Waals surface area contributed by atoms with Gasteiger partial charge in [-0.15, -0.1) is 0 Å². The first-order valence-electron chi connectivity index (χ1n) is 5.91. The minimum atomic E-state index is -0.174. The van der Waals surface area contributed by atoms with Gasteiger partial charge in [-0.1, -0.05) is 35.0 Å². The number of likely N-dealkylation sites (tertiary alicyclic amines) is 1. The Morgan fingerprint density at radius 2 is 2.39 bits per heavy atom. The van der Waals surface area contributed by atoms with Crippen LogP contribution < -0.4 is 5.73 Å². The molecular formula is C13H17N3O2. The molecule has 1 amide bonds. The topological polar surface area (TPSA) is 78.9 Å². The van der Waals surface area contributed by atoms with Gasteiger partial charge >= 0.3 is 0 Å². The molecule has 0 radical (unpaired) electrons. The average molecular weight is 247 g/mol. The monoisotopic (exact) mass is 247 g/mol. The quantitative estimate of drug-likeness (QED) is 0.363. The lowest BCUT2D eigenvalue weighted by Gasteiger charge is -2.16. The predicted molar refractivity (Wildman–Crippen MR) is 68.1 cm³/mol. The Labute approximate surface area is 106 Å². The summed E-state index contributed by atoms with van der Waals surface area (Å²) < 4.78 is 0. The molecule has 5 nitrogen and oxygen atoms in total. The number of aryl methyl sites for hydroxylation is 1. The van der Waals surface area contributed by atoms with Crippen LogP contribution in [0.3, 0.4) is 0 Å². The molecule has 1 aromatic rings. The van der Waals surface area contributed by atoms with E-state index < -0.39 is 0 Å². The number of rotatable bonds is 3. The zero-order valence-electron chi connectivity index (χ0n) is 10.3. The van der Waals surface area contributed by atoms with Crippen molar-refractivity contribution in [2.75, 3.05) is 6.54 Å². The maximum absolute atomic E-state index is 11.8. The number of hydrogen-bond donors (Lipinski definition) is 2. The van der Waals surface area contributed by atoms with Gasteiger partial charge in [0.05, 0.1) is 0 Å². The highest BCUT2D eigenvalue weighted by Crippen LogP contribution is 2.20. The number of benzene rings is 1. The fraction of sp³-hybridized carbons (Fsp3) is 0.385. The summed E-state index contributed by atoms with van der Waals surface area (Å²) in [5.41, 5.74) is 7.82. The minimum absolute atomic E-state index is 0.0492. The highest BCUT2D eigenvalue weighted by atomic mass is 16.4. The smallest absolute Gasteiger partial charge is 0.223 e. The van der Waals surface area contributed by atoms with E-state index in [1.807, 2.05) is 25.1 Å². The average Bonchev–Trinajstić information content (AvgIpc) is 2.70. The molecule has 1 fully saturated rings. The number of nitrogens with two attached hydrogens (primary N) is 1. The van der Waals surface area contributed by atoms with Crippen molar-refractivity contribution in [1.29, 1.82) is 0 Å². The van der Waals surface area contributed by atoms with Crippen molar-refractivity contribution in [2.24, 2.45) is 16.8 Å². The molecule has 0 unspecified atom stereocenters. The van der Waals surface area contributed by atoms with E-state index >= 15 is 0 Å². The maximum atomic E-state index is 11.8. The number of amides is 1. The molecule has 2 rings (SSSR count). The minimum Gasteiger partial charge on any atom is -0.409 e. The van der Waals surface area contributed by atoms with Crippen molar-refractivity contribution in [3.8, 4) is 0 Å². The van der Waals surface area contributed by atoms with E-state index in [1.165, 1.54) is 5.56 Å². The summed E-state index contributed by atoms with van der Waals surface area (Å²) in [7, 11) is 0. The Hall–Kier alpha value is -2.04. The molecule has 5 heteroatoms. The van der Waals surface area contributed by atoms with Gasteiger partial charge in [-0.25, -0.2) is 0 Å². The molecule has 1 aliphatic heterocycles. The summed E-state index contributed by atoms with van der Waals surface area (Å²) >= 11 is 0. The molecule has 1 aromatic carbocycles. The Balaban J connectivity index is 2.05. The standard InChI is InChI=1S/C13H17N3O2/c1-9-3-2-4-10(5-9)7-16-8-11(6-12(16)17)13(14)15-18/h2-5,11,18H,6-8H2,1H3,(H2,14,15)/t11-/m0/s1. The lowest BCUT2D eigenvalue weighted by atomic mass is 10.1. The molecule has 18 heavy (non-hydrogen) atoms. The van der Waals surface area contributed by atoms with Crippen LogP contribution in [-0.2, 0) is 11.3 Å². The summed E-state index contributed by atoms with van der Waals surface area (Å²) in [6.07, 6.45) is 0.321. The molecule has 0 bridgehead atoms. The van der Waals surface area contributed by atoms with Crippen LogP contribution in [0.25, 0.3) is 0 Å². The van der Waals surface area contributed by atoms with Crippen molar-refractivity contribution in [3.63, 3.8) is 0 Å². The van der Waals surface area contributed by atoms with Gasteiger partial charge < -0.3 is 15.8 Å². The third-order valence-electron chi connectivity index (χ3n) is 3.20. The Morgan fingerprint density at radius 1 is 1.61 bits per heavy atom. The molecule has 0 saturated carbocycles. The first-order valence-corrected chi connectivity index (χ1v) is 5.91. The van der Waals surface area contributed by atoms with Gasteiger partial charge in [0, 0.05) is 25.4 Å². The number of nitrogens with zero attached hydrogens (tertiary/aromatic N) is 2. The van der Waals surface area contributed by atoms with Gasteiger partial charge in [-0.05, 0) is 12.5 Å². The molecule has 1 heterocycles. The molecule has 1 aliphatic rings. The van der Waals surface area contributed by atoms with Gasteiger partial charge in [0.25, 0.3) is 0 Å². The van der Waals surface area contributed by atoms with Crippen LogP contribution >= 0.6 is 0 Å². The molecular weight excluding hydrogens is 230 g/mol. The Kier molecular flexibility index (Phi) is 3.50. The van der Waals surface area contributed by atoms with Gasteiger partial charge in [0.15, 0.2) is 0 Å². The third kappa shape index (κ3) is 2.61. The van der Waals surface area contributed by atoms with Crippen molar-refractivity contribution < 1.29 is 10.0 Å². The van der Waals surface area contributed by atoms with Crippen molar-refractivity contribution in [1.82, 2.24) is 4.90 Å². The van der Waals surface area contributed by atoms with Crippen LogP contribution in [0.1, 0.15) is 17.5 Å². The second-order valence-corrected chi connectivity index (χ2v) is 4.69. The van der Waals surface area contributed by atoms with E-state index in [-0.39, 0.29) is 17.7 Å². The highest BCUT2D eigenvalue weighted by Gasteiger charge is 2.32. The molecule has 96 valence electrons. The van der Waals surface area contributed by atoms with E-state index in [4.69, 9.17) is 10.9 Å². The first-order chi connectivity index (χ1) is 8.60. The largest absolute Gasteiger partial charge is 0.409 e. The van der Waals surface area contributed by atoms with Crippen molar-refractivity contribution in [3.05, 3.63) is 35.4 Å². The first kappa shape index (κ1) is 12.4. The second-order valence-electron chi connectivity index (χ2n) is 4.69. The number of amidine groups is 1. The van der Waals surface area contributed by atoms with E-state index in [1.54, 1.807) is 4.90 Å². The van der Waals surface area contributed by atoms with E-state index in [0.29, 0.717) is 19.5 Å². The summed E-state index contributed by atoms with van der Waals surface area (Å²) in [6, 6.07) is 8.06. The van der Waals surface area contributed by atoms with Crippen LogP contribution in [-0.4, -0.2) is 28.4 Å². The van der Waals surface area contributed by atoms with Gasteiger partial charge in [-0.2, -0.15) is 0 Å². The van der Waals surface area contributed by atoms with E-state index in [9.17, 15) is 4.79 Å². The Bertz CT molecular complexity index is 485. The van der Waals surface area contributed by atoms with Crippen LogP contribution in [0.15, 0.2) is 29.4 Å². The fourth-order valence-electron chi connectivity index (χ4n) is 2.24. The number of carbonyl (C=O) groups excluding carboxylic acids is 1. The van der Waals surface area contributed by atoms with Crippen LogP contribution in [0, 0.1) is 12.8 Å². The van der Waals surface area contributed by atoms with Gasteiger partial charge in [-0.3, -0.25) is 4.79 Å². The molecule has 1 atom stereocenters. The van der Waals surface area contributed by atoms with Crippen molar-refractivity contribution >= 4 is 11.7 Å². The molecule has 0 aliphatic carbocycles. The molecule has 3 N–H and O–H groups in total. The maximum Gasteiger partial charge on any atom is 0.223 e. The highest BCUT2D eigenvalue weighted by molar-refractivity contribution is 5.91. The second kappa shape index (κ2) is 5.08. The molecule has 0 aromatic heterocycles. The summed E-state index contributed by atoms with van der Waals surface area (Å²) in [5.74, 6) is 0.00973. The number of hydrogen-bond acceptors (Lipinski definition) is 3. The number of oxime groups is 1. The predicted octanol–water partition coefficient (Wildman–Crippen LogP) is 1.09. The van der Waals surface area contributed by atoms with Gasteiger partial charge in [0.2, 0.25) is 5.91 Å². The lowest BCUT2D eigenvalue weighted by Crippen LogP contribution is -2.28. The van der Waals surface area contributed by atoms with Gasteiger partial charge in [0.1, 0.15) is 5.84 Å². The summed E-state index contributed by atoms with van der Waals surface area (Å²) in [6.45, 7) is 3.12. The Morgan fingerprint density at radius 3 is 3.06 bits per heavy atom. The van der Waals surface area contributed by atoms with Crippen LogP contribution in [0.4, 0.5) is 0 Å². The fourth-order valence-corrected chi connectivity index (χ4v) is 2.24. The molecule has 1 saturated heterocycles. The van der Waals surface area contributed by atoms with Crippen LogP contribution in [0.2, 0.25) is 0 Å². The lowest BCUT2D eigenvalue weighted by molar-refractivity contribution is -0.128. The SMILES string of the molecule is Cc1cccc(CN2C[C@@H](/C(N)=N\O)CC2=O)c1. The van der Waals surface area contributed by atoms with E-state index in [0.717, 1.165) is 5.56 Å². The normalized spacial score (nSPS) is 20.5. The zero-order chi connectivity index (χ0) is 13.1. The van der Waals surface area contributed by atoms with E-state index in [2.05, 4.69) is 11.2 Å².